The van der Waals surface area contributed by atoms with Crippen molar-refractivity contribution in [1.29, 1.82) is 0 Å². The van der Waals surface area contributed by atoms with E-state index >= 15 is 0 Å². The van der Waals surface area contributed by atoms with Crippen LogP contribution >= 0.6 is 0 Å². The van der Waals surface area contributed by atoms with Gasteiger partial charge < -0.3 is 10.1 Å². The molecule has 0 radical (unpaired) electrons. The maximum absolute atomic E-state index is 5.14. The van der Waals surface area contributed by atoms with Crippen LogP contribution in [-0.4, -0.2) is 29.3 Å². The van der Waals surface area contributed by atoms with Crippen molar-refractivity contribution < 1.29 is 4.74 Å². The van der Waals surface area contributed by atoms with Crippen LogP contribution in [0.2, 0.25) is 0 Å². The standard InChI is InChI=1S/C15H21N3O/c1-11-5-7-14(8-6-11)18-9-12(2)16-15(18)17-13(3)10-19-4/h5-9,13H,10H2,1-4H3,(H,16,17). The lowest BCUT2D eigenvalue weighted by Gasteiger charge is -2.15. The first-order chi connectivity index (χ1) is 9.10. The quantitative estimate of drug-likeness (QED) is 0.897. The molecule has 0 saturated heterocycles. The molecule has 0 bridgehead atoms. The van der Waals surface area contributed by atoms with E-state index in [2.05, 4.69) is 53.0 Å². The summed E-state index contributed by atoms with van der Waals surface area (Å²) < 4.78 is 7.21. The van der Waals surface area contributed by atoms with E-state index in [4.69, 9.17) is 4.74 Å². The van der Waals surface area contributed by atoms with Gasteiger partial charge in [-0.2, -0.15) is 0 Å². The average molecular weight is 259 g/mol. The molecule has 1 N–H and O–H groups in total. The van der Waals surface area contributed by atoms with Crippen LogP contribution in [0, 0.1) is 13.8 Å². The van der Waals surface area contributed by atoms with E-state index in [9.17, 15) is 0 Å². The number of hydrogen-bond donors (Lipinski definition) is 1. The molecule has 1 aromatic heterocycles. The van der Waals surface area contributed by atoms with Crippen LogP contribution in [-0.2, 0) is 4.74 Å². The molecule has 0 aliphatic carbocycles. The van der Waals surface area contributed by atoms with E-state index in [-0.39, 0.29) is 6.04 Å². The molecule has 0 aliphatic heterocycles. The van der Waals surface area contributed by atoms with Gasteiger partial charge in [-0.15, -0.1) is 0 Å². The van der Waals surface area contributed by atoms with Gasteiger partial charge in [-0.25, -0.2) is 4.98 Å². The van der Waals surface area contributed by atoms with Gasteiger partial charge in [0.15, 0.2) is 0 Å². The summed E-state index contributed by atoms with van der Waals surface area (Å²) in [5.41, 5.74) is 3.36. The fraction of sp³-hybridized carbons (Fsp3) is 0.400. The molecular formula is C15H21N3O. The number of aryl methyl sites for hydroxylation is 2. The van der Waals surface area contributed by atoms with Crippen molar-refractivity contribution in [3.63, 3.8) is 0 Å². The molecule has 2 rings (SSSR count). The average Bonchev–Trinajstić information content (AvgIpc) is 2.71. The maximum Gasteiger partial charge on any atom is 0.208 e. The Hall–Kier alpha value is -1.81. The molecule has 1 aromatic carbocycles. The van der Waals surface area contributed by atoms with Crippen molar-refractivity contribution in [2.45, 2.75) is 26.8 Å². The smallest absolute Gasteiger partial charge is 0.208 e. The van der Waals surface area contributed by atoms with Crippen molar-refractivity contribution in [3.05, 3.63) is 41.7 Å². The Morgan fingerprint density at radius 2 is 1.95 bits per heavy atom. The van der Waals surface area contributed by atoms with E-state index in [1.807, 2.05) is 13.1 Å². The molecule has 0 amide bonds. The van der Waals surface area contributed by atoms with Crippen LogP contribution in [0.3, 0.4) is 0 Å². The second-order valence-electron chi connectivity index (χ2n) is 4.91. The predicted molar refractivity (Wildman–Crippen MR) is 78.0 cm³/mol. The van der Waals surface area contributed by atoms with E-state index in [0.717, 1.165) is 17.3 Å². The first-order valence-corrected chi connectivity index (χ1v) is 6.48. The molecule has 2 aromatic rings. The van der Waals surface area contributed by atoms with Crippen molar-refractivity contribution in [2.24, 2.45) is 0 Å². The number of aromatic nitrogens is 2. The topological polar surface area (TPSA) is 39.1 Å². The summed E-state index contributed by atoms with van der Waals surface area (Å²) in [5, 5.41) is 3.37. The number of nitrogens with one attached hydrogen (secondary N) is 1. The van der Waals surface area contributed by atoms with Crippen LogP contribution in [0.1, 0.15) is 18.2 Å². The fourth-order valence-corrected chi connectivity index (χ4v) is 2.01. The Balaban J connectivity index is 2.27. The Labute approximate surface area is 114 Å². The molecule has 0 aliphatic rings. The highest BCUT2D eigenvalue weighted by molar-refractivity contribution is 5.44. The zero-order valence-electron chi connectivity index (χ0n) is 12.0. The summed E-state index contributed by atoms with van der Waals surface area (Å²) in [6, 6.07) is 8.63. The molecule has 0 saturated carbocycles. The van der Waals surface area contributed by atoms with E-state index in [0.29, 0.717) is 6.61 Å². The van der Waals surface area contributed by atoms with Gasteiger partial charge in [-0.1, -0.05) is 17.7 Å². The molecule has 0 spiro atoms. The third-order valence-electron chi connectivity index (χ3n) is 2.93. The number of methoxy groups -OCH3 is 1. The summed E-state index contributed by atoms with van der Waals surface area (Å²) in [7, 11) is 1.70. The highest BCUT2D eigenvalue weighted by Gasteiger charge is 2.10. The molecule has 4 nitrogen and oxygen atoms in total. The lowest BCUT2D eigenvalue weighted by Crippen LogP contribution is -2.22. The normalized spacial score (nSPS) is 12.4. The van der Waals surface area contributed by atoms with Crippen molar-refractivity contribution >= 4 is 5.95 Å². The predicted octanol–water partition coefficient (Wildman–Crippen LogP) is 2.94. The van der Waals surface area contributed by atoms with Crippen molar-refractivity contribution in [1.82, 2.24) is 9.55 Å². The number of benzene rings is 1. The molecule has 4 heteroatoms. The number of rotatable bonds is 5. The molecular weight excluding hydrogens is 238 g/mol. The second-order valence-corrected chi connectivity index (χ2v) is 4.91. The van der Waals surface area contributed by atoms with Crippen LogP contribution in [0.5, 0.6) is 0 Å². The Morgan fingerprint density at radius 3 is 2.58 bits per heavy atom. The zero-order valence-corrected chi connectivity index (χ0v) is 12.0. The molecule has 0 fully saturated rings. The molecule has 19 heavy (non-hydrogen) atoms. The van der Waals surface area contributed by atoms with Crippen LogP contribution in [0.25, 0.3) is 5.69 Å². The van der Waals surface area contributed by atoms with Crippen LogP contribution in [0.15, 0.2) is 30.5 Å². The van der Waals surface area contributed by atoms with Gasteiger partial charge in [0.05, 0.1) is 12.3 Å². The molecule has 102 valence electrons. The van der Waals surface area contributed by atoms with Crippen molar-refractivity contribution in [2.75, 3.05) is 19.0 Å². The number of anilines is 1. The van der Waals surface area contributed by atoms with Gasteiger partial charge in [0, 0.05) is 25.0 Å². The van der Waals surface area contributed by atoms with Gasteiger partial charge in [0.2, 0.25) is 5.95 Å². The summed E-state index contributed by atoms with van der Waals surface area (Å²) >= 11 is 0. The zero-order chi connectivity index (χ0) is 13.8. The Morgan fingerprint density at radius 1 is 1.26 bits per heavy atom. The van der Waals surface area contributed by atoms with Crippen LogP contribution < -0.4 is 5.32 Å². The number of hydrogen-bond acceptors (Lipinski definition) is 3. The SMILES string of the molecule is COCC(C)Nc1nc(C)cn1-c1ccc(C)cc1. The molecule has 1 heterocycles. The first kappa shape index (κ1) is 13.6. The number of imidazole rings is 1. The van der Waals surface area contributed by atoms with E-state index < -0.39 is 0 Å². The summed E-state index contributed by atoms with van der Waals surface area (Å²) in [5.74, 6) is 0.853. The number of ether oxygens (including phenoxy) is 1. The van der Waals surface area contributed by atoms with Gasteiger partial charge in [0.1, 0.15) is 0 Å². The number of nitrogens with zero attached hydrogens (tertiary/aromatic N) is 2. The van der Waals surface area contributed by atoms with Gasteiger partial charge in [-0.3, -0.25) is 4.57 Å². The molecule has 1 unspecified atom stereocenters. The highest BCUT2D eigenvalue weighted by atomic mass is 16.5. The minimum Gasteiger partial charge on any atom is -0.383 e. The largest absolute Gasteiger partial charge is 0.383 e. The summed E-state index contributed by atoms with van der Waals surface area (Å²) in [6.07, 6.45) is 2.03. The van der Waals surface area contributed by atoms with E-state index in [1.165, 1.54) is 5.56 Å². The molecule has 1 atom stereocenters. The third kappa shape index (κ3) is 3.35. The van der Waals surface area contributed by atoms with Crippen molar-refractivity contribution in [3.8, 4) is 5.69 Å². The monoisotopic (exact) mass is 259 g/mol. The lowest BCUT2D eigenvalue weighted by atomic mass is 10.2. The van der Waals surface area contributed by atoms with E-state index in [1.54, 1.807) is 7.11 Å². The minimum atomic E-state index is 0.219. The minimum absolute atomic E-state index is 0.219. The van der Waals surface area contributed by atoms with Gasteiger partial charge >= 0.3 is 0 Å². The Kier molecular flexibility index (Phi) is 4.22. The van der Waals surface area contributed by atoms with Gasteiger partial charge in [0.25, 0.3) is 0 Å². The highest BCUT2D eigenvalue weighted by Crippen LogP contribution is 2.17. The Bertz CT molecular complexity index is 531. The maximum atomic E-state index is 5.14. The van der Waals surface area contributed by atoms with Crippen LogP contribution in [0.4, 0.5) is 5.95 Å². The van der Waals surface area contributed by atoms with Gasteiger partial charge in [-0.05, 0) is 32.9 Å². The first-order valence-electron chi connectivity index (χ1n) is 6.48. The third-order valence-corrected chi connectivity index (χ3v) is 2.93. The second kappa shape index (κ2) is 5.89. The summed E-state index contributed by atoms with van der Waals surface area (Å²) in [4.78, 5) is 4.53. The lowest BCUT2D eigenvalue weighted by molar-refractivity contribution is 0.190. The summed E-state index contributed by atoms with van der Waals surface area (Å²) in [6.45, 7) is 6.81. The fourth-order valence-electron chi connectivity index (χ4n) is 2.01.